The normalized spacial score (nSPS) is 10.2. The van der Waals surface area contributed by atoms with Gasteiger partial charge in [-0.3, -0.25) is 5.43 Å². The highest BCUT2D eigenvalue weighted by atomic mass is 35.5. The number of aromatic nitrogens is 2. The first kappa shape index (κ1) is 12.5. The third-order valence-electron chi connectivity index (χ3n) is 2.37. The lowest BCUT2D eigenvalue weighted by atomic mass is 10.3. The first-order valence-corrected chi connectivity index (χ1v) is 5.48. The monoisotopic (exact) mass is 267 g/mol. The summed E-state index contributed by atoms with van der Waals surface area (Å²) in [6.07, 6.45) is 1.43. The number of nitrogen functional groups attached to an aromatic ring is 1. The lowest BCUT2D eigenvalue weighted by molar-refractivity contribution is 0.628. The van der Waals surface area contributed by atoms with Crippen LogP contribution in [0.15, 0.2) is 30.5 Å². The molecule has 2 aromatic rings. The van der Waals surface area contributed by atoms with E-state index < -0.39 is 0 Å². The number of nitrogens with one attached hydrogen (secondary N) is 1. The van der Waals surface area contributed by atoms with Crippen molar-refractivity contribution in [2.24, 2.45) is 5.84 Å². The van der Waals surface area contributed by atoms with E-state index in [4.69, 9.17) is 17.4 Å². The van der Waals surface area contributed by atoms with E-state index in [0.29, 0.717) is 16.5 Å². The molecule has 18 heavy (non-hydrogen) atoms. The molecule has 0 atom stereocenters. The molecular formula is C11H11ClFN5. The Morgan fingerprint density at radius 3 is 2.89 bits per heavy atom. The summed E-state index contributed by atoms with van der Waals surface area (Å²) in [6.45, 7) is 0. The van der Waals surface area contributed by atoms with Gasteiger partial charge in [-0.25, -0.2) is 15.2 Å². The molecule has 0 aliphatic rings. The molecule has 1 heterocycles. The van der Waals surface area contributed by atoms with Crippen molar-refractivity contribution in [3.8, 4) is 0 Å². The van der Waals surface area contributed by atoms with Crippen LogP contribution in [-0.4, -0.2) is 17.0 Å². The molecule has 3 N–H and O–H groups in total. The van der Waals surface area contributed by atoms with Crippen molar-refractivity contribution in [2.75, 3.05) is 17.4 Å². The fourth-order valence-electron chi connectivity index (χ4n) is 1.47. The van der Waals surface area contributed by atoms with Gasteiger partial charge in [-0.2, -0.15) is 4.98 Å². The topological polar surface area (TPSA) is 67.1 Å². The van der Waals surface area contributed by atoms with Crippen LogP contribution in [-0.2, 0) is 0 Å². The van der Waals surface area contributed by atoms with Crippen LogP contribution in [0.3, 0.4) is 0 Å². The number of nitrogens with zero attached hydrogens (tertiary/aromatic N) is 3. The zero-order valence-electron chi connectivity index (χ0n) is 9.56. The molecule has 2 rings (SSSR count). The summed E-state index contributed by atoms with van der Waals surface area (Å²) in [5, 5.41) is 0.348. The molecule has 94 valence electrons. The number of benzene rings is 1. The average Bonchev–Trinajstić information content (AvgIpc) is 2.38. The predicted octanol–water partition coefficient (Wildman–Crippen LogP) is 2.32. The van der Waals surface area contributed by atoms with Crippen LogP contribution in [0.4, 0.5) is 21.8 Å². The number of hydrogen-bond donors (Lipinski definition) is 2. The van der Waals surface area contributed by atoms with E-state index in [1.165, 1.54) is 18.3 Å². The largest absolute Gasteiger partial charge is 0.328 e. The molecule has 0 aliphatic heterocycles. The van der Waals surface area contributed by atoms with Crippen molar-refractivity contribution in [1.29, 1.82) is 0 Å². The van der Waals surface area contributed by atoms with E-state index in [0.717, 1.165) is 0 Å². The number of hydrogen-bond acceptors (Lipinski definition) is 5. The fourth-order valence-corrected chi connectivity index (χ4v) is 1.69. The molecule has 7 heteroatoms. The molecule has 1 aromatic carbocycles. The van der Waals surface area contributed by atoms with Crippen molar-refractivity contribution in [1.82, 2.24) is 9.97 Å². The maximum atomic E-state index is 13.2. The second-order valence-electron chi connectivity index (χ2n) is 3.55. The van der Waals surface area contributed by atoms with Gasteiger partial charge in [0.05, 0.1) is 6.20 Å². The van der Waals surface area contributed by atoms with Gasteiger partial charge in [-0.1, -0.05) is 17.7 Å². The Balaban J connectivity index is 2.41. The molecule has 5 nitrogen and oxygen atoms in total. The van der Waals surface area contributed by atoms with Crippen LogP contribution in [0.5, 0.6) is 0 Å². The van der Waals surface area contributed by atoms with Crippen molar-refractivity contribution in [2.45, 2.75) is 0 Å². The lowest BCUT2D eigenvalue weighted by Gasteiger charge is -2.19. The second kappa shape index (κ2) is 5.16. The summed E-state index contributed by atoms with van der Waals surface area (Å²) in [7, 11) is 1.73. The predicted molar refractivity (Wildman–Crippen MR) is 69.3 cm³/mol. The number of hydrazine groups is 1. The van der Waals surface area contributed by atoms with Gasteiger partial charge < -0.3 is 4.90 Å². The van der Waals surface area contributed by atoms with Gasteiger partial charge in [0.25, 0.3) is 0 Å². The zero-order chi connectivity index (χ0) is 13.1. The summed E-state index contributed by atoms with van der Waals surface area (Å²) in [5.41, 5.74) is 2.95. The fraction of sp³-hybridized carbons (Fsp3) is 0.0909. The Morgan fingerprint density at radius 1 is 1.44 bits per heavy atom. The summed E-state index contributed by atoms with van der Waals surface area (Å²) in [4.78, 5) is 9.64. The standard InChI is InChI=1S/C11H11ClFN5/c1-18(8-4-2-3-7(13)5-8)10-9(12)6-15-11(16-10)17-14/h2-6H,14H2,1H3,(H,15,16,17). The number of anilines is 3. The summed E-state index contributed by atoms with van der Waals surface area (Å²) < 4.78 is 13.2. The van der Waals surface area contributed by atoms with Crippen LogP contribution in [0.2, 0.25) is 5.02 Å². The highest BCUT2D eigenvalue weighted by Gasteiger charge is 2.12. The van der Waals surface area contributed by atoms with E-state index >= 15 is 0 Å². The molecular weight excluding hydrogens is 257 g/mol. The average molecular weight is 268 g/mol. The Kier molecular flexibility index (Phi) is 3.59. The van der Waals surface area contributed by atoms with Gasteiger partial charge in [0.1, 0.15) is 10.8 Å². The molecule has 0 saturated heterocycles. The number of nitrogens with two attached hydrogens (primary N) is 1. The third kappa shape index (κ3) is 2.49. The maximum absolute atomic E-state index is 13.2. The van der Waals surface area contributed by atoms with E-state index in [1.807, 2.05) is 0 Å². The summed E-state index contributed by atoms with van der Waals surface area (Å²) >= 11 is 6.01. The Bertz CT molecular complexity index is 563. The maximum Gasteiger partial charge on any atom is 0.239 e. The molecule has 0 bridgehead atoms. The van der Waals surface area contributed by atoms with Crippen LogP contribution in [0, 0.1) is 5.82 Å². The summed E-state index contributed by atoms with van der Waals surface area (Å²) in [6, 6.07) is 6.11. The SMILES string of the molecule is CN(c1cccc(F)c1)c1nc(NN)ncc1Cl. The summed E-state index contributed by atoms with van der Waals surface area (Å²) in [5.74, 6) is 5.57. The zero-order valence-corrected chi connectivity index (χ0v) is 10.3. The third-order valence-corrected chi connectivity index (χ3v) is 2.63. The highest BCUT2D eigenvalue weighted by Crippen LogP contribution is 2.28. The van der Waals surface area contributed by atoms with E-state index in [1.54, 1.807) is 24.1 Å². The molecule has 0 spiro atoms. The smallest absolute Gasteiger partial charge is 0.239 e. The first-order chi connectivity index (χ1) is 8.61. The molecule has 0 fully saturated rings. The van der Waals surface area contributed by atoms with Gasteiger partial charge >= 0.3 is 0 Å². The van der Waals surface area contributed by atoms with Crippen LogP contribution < -0.4 is 16.2 Å². The molecule has 0 amide bonds. The first-order valence-electron chi connectivity index (χ1n) is 5.10. The van der Waals surface area contributed by atoms with Crippen LogP contribution in [0.1, 0.15) is 0 Å². The van der Waals surface area contributed by atoms with Gasteiger partial charge in [0.15, 0.2) is 5.82 Å². The second-order valence-corrected chi connectivity index (χ2v) is 3.96. The van der Waals surface area contributed by atoms with Gasteiger partial charge in [0.2, 0.25) is 5.95 Å². The Hall–Kier alpha value is -1.92. The van der Waals surface area contributed by atoms with E-state index in [2.05, 4.69) is 15.4 Å². The molecule has 0 saturated carbocycles. The molecule has 1 aromatic heterocycles. The molecule has 0 aliphatic carbocycles. The number of rotatable bonds is 3. The van der Waals surface area contributed by atoms with Crippen LogP contribution >= 0.6 is 11.6 Å². The van der Waals surface area contributed by atoms with E-state index in [9.17, 15) is 4.39 Å². The van der Waals surface area contributed by atoms with Gasteiger partial charge in [0, 0.05) is 12.7 Å². The van der Waals surface area contributed by atoms with Crippen molar-refractivity contribution in [3.05, 3.63) is 41.3 Å². The van der Waals surface area contributed by atoms with E-state index in [-0.39, 0.29) is 11.8 Å². The lowest BCUT2D eigenvalue weighted by Crippen LogP contribution is -2.16. The minimum absolute atomic E-state index is 0.234. The quantitative estimate of drug-likeness (QED) is 0.660. The molecule has 0 unspecified atom stereocenters. The minimum Gasteiger partial charge on any atom is -0.328 e. The highest BCUT2D eigenvalue weighted by molar-refractivity contribution is 6.33. The Morgan fingerprint density at radius 2 is 2.22 bits per heavy atom. The van der Waals surface area contributed by atoms with Gasteiger partial charge in [-0.15, -0.1) is 0 Å². The van der Waals surface area contributed by atoms with Crippen molar-refractivity contribution >= 4 is 29.1 Å². The van der Waals surface area contributed by atoms with Crippen molar-refractivity contribution in [3.63, 3.8) is 0 Å². The Labute approximate surface area is 108 Å². The number of halogens is 2. The van der Waals surface area contributed by atoms with Crippen LogP contribution in [0.25, 0.3) is 0 Å². The minimum atomic E-state index is -0.332. The van der Waals surface area contributed by atoms with Gasteiger partial charge in [-0.05, 0) is 18.2 Å². The molecule has 0 radical (unpaired) electrons. The van der Waals surface area contributed by atoms with Crippen molar-refractivity contribution < 1.29 is 4.39 Å².